The van der Waals surface area contributed by atoms with E-state index in [1.54, 1.807) is 38.3 Å². The minimum Gasteiger partial charge on any atom is -0.490 e. The molecule has 0 amide bonds. The molecule has 0 radical (unpaired) electrons. The van der Waals surface area contributed by atoms with Gasteiger partial charge in [0.05, 0.1) is 34.8 Å². The number of aromatic nitrogens is 2. The maximum absolute atomic E-state index is 13.4. The molecule has 10 heteroatoms. The summed E-state index contributed by atoms with van der Waals surface area (Å²) in [6, 6.07) is 8.91. The minimum atomic E-state index is -0.823. The highest BCUT2D eigenvalue weighted by atomic mass is 79.9. The molecule has 192 valence electrons. The molecule has 36 heavy (non-hydrogen) atoms. The fourth-order valence-corrected chi connectivity index (χ4v) is 4.30. The fraction of sp³-hybridized carbons (Fsp3) is 0.385. The molecular formula is C26H29Br2N3O5. The number of carbonyl (C=O) groups excluding carboxylic acids is 1. The Bertz CT molecular complexity index is 1360. The van der Waals surface area contributed by atoms with Crippen molar-refractivity contribution < 1.29 is 19.0 Å². The zero-order chi connectivity index (χ0) is 26.6. The van der Waals surface area contributed by atoms with E-state index in [-0.39, 0.29) is 12.2 Å². The van der Waals surface area contributed by atoms with Crippen LogP contribution in [0.2, 0.25) is 0 Å². The molecule has 3 rings (SSSR count). The van der Waals surface area contributed by atoms with Crippen molar-refractivity contribution >= 4 is 54.9 Å². The molecule has 0 fully saturated rings. The first-order valence-electron chi connectivity index (χ1n) is 11.5. The quantitative estimate of drug-likeness (QED) is 0.232. The number of rotatable bonds is 8. The van der Waals surface area contributed by atoms with E-state index >= 15 is 0 Å². The van der Waals surface area contributed by atoms with Gasteiger partial charge in [-0.25, -0.2) is 9.78 Å². The molecule has 0 saturated heterocycles. The number of hydrogen-bond donors (Lipinski definition) is 0. The Morgan fingerprint density at radius 1 is 1.17 bits per heavy atom. The Morgan fingerprint density at radius 3 is 2.53 bits per heavy atom. The summed E-state index contributed by atoms with van der Waals surface area (Å²) in [5.74, 6) is 0.862. The molecule has 0 aliphatic heterocycles. The van der Waals surface area contributed by atoms with E-state index in [9.17, 15) is 9.59 Å². The van der Waals surface area contributed by atoms with Crippen LogP contribution in [-0.4, -0.2) is 41.2 Å². The number of carbonyl (C=O) groups is 1. The van der Waals surface area contributed by atoms with Gasteiger partial charge in [0.15, 0.2) is 17.6 Å². The molecule has 0 saturated carbocycles. The van der Waals surface area contributed by atoms with Crippen LogP contribution in [0.5, 0.6) is 11.5 Å². The first kappa shape index (κ1) is 27.9. The Hall–Kier alpha value is -2.72. The molecule has 0 aliphatic carbocycles. The monoisotopic (exact) mass is 621 g/mol. The lowest BCUT2D eigenvalue weighted by Gasteiger charge is -2.21. The third kappa shape index (κ3) is 6.34. The van der Waals surface area contributed by atoms with Crippen molar-refractivity contribution in [3.63, 3.8) is 0 Å². The predicted molar refractivity (Wildman–Crippen MR) is 147 cm³/mol. The second-order valence-corrected chi connectivity index (χ2v) is 10.8. The van der Waals surface area contributed by atoms with Gasteiger partial charge in [-0.2, -0.15) is 9.78 Å². The molecule has 2 aromatic carbocycles. The zero-order valence-corrected chi connectivity index (χ0v) is 24.3. The number of nitrogens with zero attached hydrogens (tertiary/aromatic N) is 3. The highest BCUT2D eigenvalue weighted by Crippen LogP contribution is 2.37. The normalized spacial score (nSPS) is 12.7. The molecule has 3 aromatic rings. The van der Waals surface area contributed by atoms with Crippen LogP contribution in [-0.2, 0) is 14.9 Å². The molecule has 1 aromatic heterocycles. The van der Waals surface area contributed by atoms with E-state index in [1.165, 1.54) is 4.68 Å². The van der Waals surface area contributed by atoms with Gasteiger partial charge in [0.25, 0.3) is 5.56 Å². The smallest absolute Gasteiger partial charge is 0.347 e. The predicted octanol–water partition coefficient (Wildman–Crippen LogP) is 5.83. The van der Waals surface area contributed by atoms with Gasteiger partial charge in [-0.1, -0.05) is 36.7 Å². The molecule has 0 spiro atoms. The molecule has 8 nitrogen and oxygen atoms in total. The van der Waals surface area contributed by atoms with Crippen molar-refractivity contribution in [3.05, 3.63) is 61.0 Å². The lowest BCUT2D eigenvalue weighted by atomic mass is 9.95. The van der Waals surface area contributed by atoms with Gasteiger partial charge in [-0.3, -0.25) is 4.79 Å². The average molecular weight is 623 g/mol. The lowest BCUT2D eigenvalue weighted by molar-refractivity contribution is -0.150. The van der Waals surface area contributed by atoms with E-state index in [1.807, 2.05) is 39.8 Å². The van der Waals surface area contributed by atoms with Crippen molar-refractivity contribution in [2.45, 2.75) is 53.1 Å². The van der Waals surface area contributed by atoms with E-state index in [0.717, 1.165) is 4.47 Å². The largest absolute Gasteiger partial charge is 0.490 e. The summed E-state index contributed by atoms with van der Waals surface area (Å²) in [6.07, 6.45) is 0.740. The van der Waals surface area contributed by atoms with Crippen LogP contribution in [0.4, 0.5) is 0 Å². The average Bonchev–Trinajstić information content (AvgIpc) is 2.80. The second-order valence-electron chi connectivity index (χ2n) is 8.98. The highest BCUT2D eigenvalue weighted by Gasteiger charge is 2.24. The maximum Gasteiger partial charge on any atom is 0.347 e. The van der Waals surface area contributed by atoms with E-state index in [0.29, 0.717) is 44.9 Å². The first-order valence-corrected chi connectivity index (χ1v) is 13.1. The van der Waals surface area contributed by atoms with Crippen LogP contribution >= 0.6 is 31.9 Å². The summed E-state index contributed by atoms with van der Waals surface area (Å²) in [4.78, 5) is 30.2. The SMILES string of the molecule is CCOC(=O)[C@H](C)Oc1c(Br)cc(C=Nn2c(C(C)(C)C)nc3ccc(Br)cc3c2=O)cc1OCC. The van der Waals surface area contributed by atoms with E-state index < -0.39 is 17.5 Å². The molecule has 0 N–H and O–H groups in total. The maximum atomic E-state index is 13.4. The van der Waals surface area contributed by atoms with E-state index in [4.69, 9.17) is 19.2 Å². The van der Waals surface area contributed by atoms with Crippen LogP contribution in [0.25, 0.3) is 10.9 Å². The number of hydrogen-bond acceptors (Lipinski definition) is 7. The molecule has 0 bridgehead atoms. The van der Waals surface area contributed by atoms with Crippen molar-refractivity contribution in [2.24, 2.45) is 5.10 Å². The van der Waals surface area contributed by atoms with Crippen molar-refractivity contribution in [3.8, 4) is 11.5 Å². The van der Waals surface area contributed by atoms with Gasteiger partial charge in [-0.15, -0.1) is 0 Å². The Kier molecular flexibility index (Phi) is 8.94. The zero-order valence-electron chi connectivity index (χ0n) is 21.1. The number of halogens is 2. The van der Waals surface area contributed by atoms with Crippen molar-refractivity contribution in [1.82, 2.24) is 9.66 Å². The number of ether oxygens (including phenoxy) is 3. The molecule has 0 aliphatic rings. The number of esters is 1. The minimum absolute atomic E-state index is 0.262. The lowest BCUT2D eigenvalue weighted by Crippen LogP contribution is -2.29. The molecule has 0 unspecified atom stereocenters. The van der Waals surface area contributed by atoms with Gasteiger partial charge in [0.1, 0.15) is 5.82 Å². The van der Waals surface area contributed by atoms with Gasteiger partial charge in [-0.05, 0) is 72.6 Å². The molecule has 1 heterocycles. The number of fused-ring (bicyclic) bond motifs is 1. The number of benzene rings is 2. The fourth-order valence-electron chi connectivity index (χ4n) is 3.39. The third-order valence-corrected chi connectivity index (χ3v) is 6.13. The van der Waals surface area contributed by atoms with Crippen LogP contribution in [0.3, 0.4) is 0 Å². The van der Waals surface area contributed by atoms with E-state index in [2.05, 4.69) is 37.0 Å². The summed E-state index contributed by atoms with van der Waals surface area (Å²) in [5.41, 5.74) is 0.561. The molecular weight excluding hydrogens is 594 g/mol. The van der Waals surface area contributed by atoms with Gasteiger partial charge in [0.2, 0.25) is 0 Å². The third-order valence-electron chi connectivity index (χ3n) is 5.05. The van der Waals surface area contributed by atoms with Crippen LogP contribution < -0.4 is 15.0 Å². The first-order chi connectivity index (χ1) is 17.0. The van der Waals surface area contributed by atoms with Crippen molar-refractivity contribution in [2.75, 3.05) is 13.2 Å². The second kappa shape index (κ2) is 11.6. The van der Waals surface area contributed by atoms with Crippen LogP contribution in [0.1, 0.15) is 52.9 Å². The highest BCUT2D eigenvalue weighted by molar-refractivity contribution is 9.10. The van der Waals surface area contributed by atoms with Gasteiger partial charge < -0.3 is 14.2 Å². The summed E-state index contributed by atoms with van der Waals surface area (Å²) in [7, 11) is 0. The van der Waals surface area contributed by atoms with Crippen LogP contribution in [0, 0.1) is 0 Å². The topological polar surface area (TPSA) is 92.0 Å². The summed E-state index contributed by atoms with van der Waals surface area (Å²) in [5, 5.41) is 4.98. The summed E-state index contributed by atoms with van der Waals surface area (Å²) < 4.78 is 19.3. The van der Waals surface area contributed by atoms with Crippen molar-refractivity contribution in [1.29, 1.82) is 0 Å². The van der Waals surface area contributed by atoms with Gasteiger partial charge in [0, 0.05) is 9.89 Å². The summed E-state index contributed by atoms with van der Waals surface area (Å²) in [6.45, 7) is 11.8. The standard InChI is InChI=1S/C26H29Br2N3O5/c1-7-34-21-12-16(11-19(28)22(21)36-15(3)24(33)35-8-2)14-29-31-23(32)18-13-17(27)9-10-20(18)30-25(31)26(4,5)6/h9-15H,7-8H2,1-6H3/t15-/m0/s1. The Morgan fingerprint density at radius 2 is 1.89 bits per heavy atom. The van der Waals surface area contributed by atoms with Crippen LogP contribution in [0.15, 0.2) is 49.2 Å². The summed E-state index contributed by atoms with van der Waals surface area (Å²) >= 11 is 6.93. The molecule has 1 atom stereocenters. The van der Waals surface area contributed by atoms with Gasteiger partial charge >= 0.3 is 5.97 Å². The Labute approximate surface area is 226 Å². The Balaban J connectivity index is 2.08.